The smallest absolute Gasteiger partial charge is 0.242 e. The van der Waals surface area contributed by atoms with Crippen LogP contribution in [-0.4, -0.2) is 72.9 Å². The quantitative estimate of drug-likeness (QED) is 0.648. The van der Waals surface area contributed by atoms with Gasteiger partial charge in [0.25, 0.3) is 0 Å². The number of carbonyl (C=O) groups is 1. The SMILES string of the molecule is CCC(CNC(=O)CCc1nc2cc(S(=O)(=O)N(C)C)ccc2n1C)N1CCCC1. The Labute approximate surface area is 179 Å². The Bertz CT molecular complexity index is 993. The molecule has 1 unspecified atom stereocenters. The van der Waals surface area contributed by atoms with E-state index in [0.717, 1.165) is 30.9 Å². The van der Waals surface area contributed by atoms with Gasteiger partial charge in [0, 0.05) is 46.6 Å². The van der Waals surface area contributed by atoms with E-state index in [-0.39, 0.29) is 10.8 Å². The number of amides is 1. The molecule has 3 rings (SSSR count). The first-order valence-corrected chi connectivity index (χ1v) is 12.1. The van der Waals surface area contributed by atoms with Crippen LogP contribution in [0.3, 0.4) is 0 Å². The Kier molecular flexibility index (Phi) is 7.15. The molecule has 0 aliphatic carbocycles. The van der Waals surface area contributed by atoms with Gasteiger partial charge < -0.3 is 9.88 Å². The maximum absolute atomic E-state index is 12.4. The van der Waals surface area contributed by atoms with Gasteiger partial charge in [0.15, 0.2) is 0 Å². The molecule has 1 amide bonds. The summed E-state index contributed by atoms with van der Waals surface area (Å²) in [6.07, 6.45) is 4.39. The Morgan fingerprint density at radius 1 is 1.27 bits per heavy atom. The van der Waals surface area contributed by atoms with Crippen LogP contribution in [0.2, 0.25) is 0 Å². The van der Waals surface area contributed by atoms with E-state index < -0.39 is 10.0 Å². The number of likely N-dealkylation sites (tertiary alicyclic amines) is 1. The van der Waals surface area contributed by atoms with Gasteiger partial charge in [-0.1, -0.05) is 6.92 Å². The Hall–Kier alpha value is -1.97. The van der Waals surface area contributed by atoms with Crippen LogP contribution in [0.25, 0.3) is 11.0 Å². The number of sulfonamides is 1. The molecule has 1 saturated heterocycles. The molecule has 2 aromatic rings. The first-order valence-electron chi connectivity index (χ1n) is 10.6. The molecule has 8 nitrogen and oxygen atoms in total. The van der Waals surface area contributed by atoms with E-state index in [0.29, 0.717) is 30.9 Å². The number of aryl methyl sites for hydroxylation is 2. The minimum atomic E-state index is -3.51. The number of aromatic nitrogens is 2. The molecule has 9 heteroatoms. The van der Waals surface area contributed by atoms with E-state index in [1.807, 2.05) is 11.6 Å². The average molecular weight is 436 g/mol. The molecule has 1 fully saturated rings. The van der Waals surface area contributed by atoms with E-state index in [9.17, 15) is 13.2 Å². The van der Waals surface area contributed by atoms with Crippen molar-refractivity contribution in [1.82, 2.24) is 24.1 Å². The third-order valence-electron chi connectivity index (χ3n) is 5.96. The number of nitrogens with zero attached hydrogens (tertiary/aromatic N) is 4. The lowest BCUT2D eigenvalue weighted by Gasteiger charge is -2.26. The van der Waals surface area contributed by atoms with Crippen LogP contribution in [0.5, 0.6) is 0 Å². The number of benzene rings is 1. The number of rotatable bonds is 9. The zero-order valence-electron chi connectivity index (χ0n) is 18.4. The summed E-state index contributed by atoms with van der Waals surface area (Å²) < 4.78 is 27.8. The normalized spacial score (nSPS) is 16.4. The molecular formula is C21H33N5O3S. The molecule has 30 heavy (non-hydrogen) atoms. The molecule has 166 valence electrons. The van der Waals surface area contributed by atoms with Crippen LogP contribution >= 0.6 is 0 Å². The fourth-order valence-corrected chi connectivity index (χ4v) is 4.93. The van der Waals surface area contributed by atoms with Gasteiger partial charge in [-0.25, -0.2) is 17.7 Å². The largest absolute Gasteiger partial charge is 0.355 e. The summed E-state index contributed by atoms with van der Waals surface area (Å²) in [6, 6.07) is 5.36. The molecule has 0 saturated carbocycles. The summed E-state index contributed by atoms with van der Waals surface area (Å²) in [5, 5.41) is 3.07. The minimum Gasteiger partial charge on any atom is -0.355 e. The molecule has 1 aromatic carbocycles. The van der Waals surface area contributed by atoms with Crippen molar-refractivity contribution in [3.8, 4) is 0 Å². The van der Waals surface area contributed by atoms with Crippen molar-refractivity contribution in [2.24, 2.45) is 7.05 Å². The molecule has 0 radical (unpaired) electrons. The minimum absolute atomic E-state index is 0.0237. The summed E-state index contributed by atoms with van der Waals surface area (Å²) in [4.78, 5) is 19.7. The molecule has 1 aliphatic heterocycles. The number of carbonyl (C=O) groups excluding carboxylic acids is 1. The molecule has 0 bridgehead atoms. The second-order valence-corrected chi connectivity index (χ2v) is 10.3. The van der Waals surface area contributed by atoms with Gasteiger partial charge in [-0.05, 0) is 50.6 Å². The van der Waals surface area contributed by atoms with E-state index in [1.165, 1.54) is 31.2 Å². The van der Waals surface area contributed by atoms with Crippen LogP contribution in [0.15, 0.2) is 23.1 Å². The predicted octanol–water partition coefficient (Wildman–Crippen LogP) is 1.75. The van der Waals surface area contributed by atoms with Gasteiger partial charge in [0.1, 0.15) is 5.82 Å². The molecular weight excluding hydrogens is 402 g/mol. The highest BCUT2D eigenvalue weighted by atomic mass is 32.2. The third kappa shape index (κ3) is 4.84. The highest BCUT2D eigenvalue weighted by Crippen LogP contribution is 2.22. The highest BCUT2D eigenvalue weighted by Gasteiger charge is 2.21. The number of nitrogens with one attached hydrogen (secondary N) is 1. The molecule has 1 atom stereocenters. The average Bonchev–Trinajstić information content (AvgIpc) is 3.35. The van der Waals surface area contributed by atoms with Crippen LogP contribution in [-0.2, 0) is 28.3 Å². The standard InChI is InChI=1S/C21H33N5O3S/c1-5-16(26-12-6-7-13-26)15-22-21(27)11-10-20-23-18-14-17(30(28,29)24(2)3)8-9-19(18)25(20)4/h8-9,14,16H,5-7,10-13,15H2,1-4H3,(H,22,27). The maximum Gasteiger partial charge on any atom is 0.242 e. The number of hydrogen-bond acceptors (Lipinski definition) is 5. The van der Waals surface area contributed by atoms with Gasteiger partial charge in [-0.15, -0.1) is 0 Å². The zero-order chi connectivity index (χ0) is 21.9. The first kappa shape index (κ1) is 22.7. The summed E-state index contributed by atoms with van der Waals surface area (Å²) in [5.41, 5.74) is 1.47. The van der Waals surface area contributed by atoms with Crippen LogP contribution in [0, 0.1) is 0 Å². The van der Waals surface area contributed by atoms with Gasteiger partial charge in [0.2, 0.25) is 15.9 Å². The first-order chi connectivity index (χ1) is 14.2. The number of fused-ring (bicyclic) bond motifs is 1. The summed E-state index contributed by atoms with van der Waals surface area (Å²) >= 11 is 0. The van der Waals surface area contributed by atoms with Gasteiger partial charge in [0.05, 0.1) is 15.9 Å². The topological polar surface area (TPSA) is 87.5 Å². The maximum atomic E-state index is 12.4. The van der Waals surface area contributed by atoms with Gasteiger partial charge in [-0.2, -0.15) is 0 Å². The molecule has 2 heterocycles. The second kappa shape index (κ2) is 9.45. The van der Waals surface area contributed by atoms with Crippen molar-refractivity contribution >= 4 is 27.0 Å². The van der Waals surface area contributed by atoms with Crippen LogP contribution in [0.4, 0.5) is 0 Å². The summed E-state index contributed by atoms with van der Waals surface area (Å²) in [7, 11) is 1.40. The zero-order valence-corrected chi connectivity index (χ0v) is 19.2. The van der Waals surface area contributed by atoms with Crippen molar-refractivity contribution < 1.29 is 13.2 Å². The monoisotopic (exact) mass is 435 g/mol. The fraction of sp³-hybridized carbons (Fsp3) is 0.619. The van der Waals surface area contributed by atoms with E-state index in [2.05, 4.69) is 22.1 Å². The second-order valence-electron chi connectivity index (χ2n) is 8.13. The number of hydrogen-bond donors (Lipinski definition) is 1. The van der Waals surface area contributed by atoms with E-state index >= 15 is 0 Å². The summed E-state index contributed by atoms with van der Waals surface area (Å²) in [5.74, 6) is 0.793. The fourth-order valence-electron chi connectivity index (χ4n) is 4.01. The van der Waals surface area contributed by atoms with Crippen molar-refractivity contribution in [3.63, 3.8) is 0 Å². The predicted molar refractivity (Wildman–Crippen MR) is 118 cm³/mol. The van der Waals surface area contributed by atoms with Crippen molar-refractivity contribution in [2.75, 3.05) is 33.7 Å². The third-order valence-corrected chi connectivity index (χ3v) is 7.77. The lowest BCUT2D eigenvalue weighted by Crippen LogP contribution is -2.42. The lowest BCUT2D eigenvalue weighted by atomic mass is 10.2. The lowest BCUT2D eigenvalue weighted by molar-refractivity contribution is -0.121. The van der Waals surface area contributed by atoms with Crippen LogP contribution < -0.4 is 5.32 Å². The van der Waals surface area contributed by atoms with Gasteiger partial charge in [-0.3, -0.25) is 9.69 Å². The Morgan fingerprint density at radius 3 is 2.60 bits per heavy atom. The molecule has 1 aromatic heterocycles. The van der Waals surface area contributed by atoms with Crippen molar-refractivity contribution in [1.29, 1.82) is 0 Å². The molecule has 0 spiro atoms. The van der Waals surface area contributed by atoms with Crippen molar-refractivity contribution in [2.45, 2.75) is 50.0 Å². The van der Waals surface area contributed by atoms with Crippen LogP contribution in [0.1, 0.15) is 38.4 Å². The van der Waals surface area contributed by atoms with E-state index in [1.54, 1.807) is 18.2 Å². The Balaban J connectivity index is 1.62. The molecule has 1 aliphatic rings. The van der Waals surface area contributed by atoms with Gasteiger partial charge >= 0.3 is 0 Å². The van der Waals surface area contributed by atoms with Crippen molar-refractivity contribution in [3.05, 3.63) is 24.0 Å². The number of imidazole rings is 1. The summed E-state index contributed by atoms with van der Waals surface area (Å²) in [6.45, 7) is 5.10. The Morgan fingerprint density at radius 2 is 1.97 bits per heavy atom. The molecule has 1 N–H and O–H groups in total. The van der Waals surface area contributed by atoms with E-state index in [4.69, 9.17) is 0 Å². The highest BCUT2D eigenvalue weighted by molar-refractivity contribution is 7.89.